The van der Waals surface area contributed by atoms with Gasteiger partial charge >= 0.3 is 0 Å². The number of rotatable bonds is 5. The number of carbonyl (C=O) groups is 2. The number of carbonyl (C=O) groups excluding carboxylic acids is 2. The van der Waals surface area contributed by atoms with Crippen LogP contribution >= 0.6 is 23.2 Å². The Balaban J connectivity index is 1.80. The van der Waals surface area contributed by atoms with E-state index in [-0.39, 0.29) is 11.6 Å². The number of nitrogens with one attached hydrogen (secondary N) is 2. The maximum Gasteiger partial charge on any atom is 0.259 e. The van der Waals surface area contributed by atoms with Crippen molar-refractivity contribution in [2.45, 2.75) is 0 Å². The van der Waals surface area contributed by atoms with E-state index in [1.165, 1.54) is 24.4 Å². The zero-order valence-electron chi connectivity index (χ0n) is 11.8. The van der Waals surface area contributed by atoms with Gasteiger partial charge in [-0.2, -0.15) is 5.10 Å². The monoisotopic (exact) mass is 350 g/mol. The molecule has 2 rings (SSSR count). The summed E-state index contributed by atoms with van der Waals surface area (Å²) in [5.41, 5.74) is 3.41. The van der Waals surface area contributed by atoms with Crippen LogP contribution in [0.5, 0.6) is 0 Å². The van der Waals surface area contributed by atoms with Gasteiger partial charge in [-0.05, 0) is 35.9 Å². The Morgan fingerprint density at radius 3 is 2.57 bits per heavy atom. The van der Waals surface area contributed by atoms with E-state index in [0.717, 1.165) is 5.56 Å². The van der Waals surface area contributed by atoms with Gasteiger partial charge in [0, 0.05) is 18.0 Å². The van der Waals surface area contributed by atoms with Gasteiger partial charge in [-0.1, -0.05) is 23.2 Å². The molecule has 0 saturated heterocycles. The minimum absolute atomic E-state index is 0.216. The molecule has 23 heavy (non-hydrogen) atoms. The molecule has 0 bridgehead atoms. The van der Waals surface area contributed by atoms with Crippen molar-refractivity contribution in [1.82, 2.24) is 15.7 Å². The number of hydrogen-bond acceptors (Lipinski definition) is 4. The average molecular weight is 351 g/mol. The highest BCUT2D eigenvalue weighted by atomic mass is 35.5. The lowest BCUT2D eigenvalue weighted by molar-refractivity contribution is -0.120. The molecular formula is C15H12Cl2N4O2. The summed E-state index contributed by atoms with van der Waals surface area (Å²) in [6.45, 7) is -0.216. The van der Waals surface area contributed by atoms with Crippen LogP contribution in [0.15, 0.2) is 47.8 Å². The third kappa shape index (κ3) is 5.36. The van der Waals surface area contributed by atoms with Crippen molar-refractivity contribution >= 4 is 41.2 Å². The zero-order chi connectivity index (χ0) is 16.7. The molecule has 0 unspecified atom stereocenters. The first-order valence-corrected chi connectivity index (χ1v) is 7.27. The molecule has 2 N–H and O–H groups in total. The fraction of sp³-hybridized carbons (Fsp3) is 0.0667. The first-order valence-electron chi connectivity index (χ1n) is 6.51. The van der Waals surface area contributed by atoms with Crippen LogP contribution in [0.25, 0.3) is 0 Å². The van der Waals surface area contributed by atoms with Gasteiger partial charge < -0.3 is 5.32 Å². The van der Waals surface area contributed by atoms with Crippen molar-refractivity contribution in [2.75, 3.05) is 6.54 Å². The highest BCUT2D eigenvalue weighted by molar-refractivity contribution is 6.42. The van der Waals surface area contributed by atoms with E-state index in [1.807, 2.05) is 0 Å². The SMILES string of the molecule is O=C(CNC(=O)c1ccc(Cl)c(Cl)c1)NN=Cc1ccncc1. The van der Waals surface area contributed by atoms with Gasteiger partial charge in [-0.25, -0.2) is 5.43 Å². The molecular weight excluding hydrogens is 339 g/mol. The maximum atomic E-state index is 11.9. The largest absolute Gasteiger partial charge is 0.343 e. The Kier molecular flexibility index (Phi) is 6.08. The van der Waals surface area contributed by atoms with Crippen LogP contribution in [-0.4, -0.2) is 29.6 Å². The molecule has 1 aromatic carbocycles. The Morgan fingerprint density at radius 2 is 1.87 bits per heavy atom. The third-order valence-corrected chi connectivity index (χ3v) is 3.44. The van der Waals surface area contributed by atoms with Crippen LogP contribution in [0.2, 0.25) is 10.0 Å². The summed E-state index contributed by atoms with van der Waals surface area (Å²) < 4.78 is 0. The highest BCUT2D eigenvalue weighted by Crippen LogP contribution is 2.22. The summed E-state index contributed by atoms with van der Waals surface area (Å²) in [4.78, 5) is 27.3. The number of amides is 2. The highest BCUT2D eigenvalue weighted by Gasteiger charge is 2.09. The molecule has 0 spiro atoms. The number of pyridine rings is 1. The number of hydrazone groups is 1. The molecule has 2 amide bonds. The van der Waals surface area contributed by atoms with Crippen LogP contribution in [0.1, 0.15) is 15.9 Å². The summed E-state index contributed by atoms with van der Waals surface area (Å²) in [7, 11) is 0. The number of benzene rings is 1. The van der Waals surface area contributed by atoms with E-state index in [0.29, 0.717) is 10.6 Å². The van der Waals surface area contributed by atoms with Crippen molar-refractivity contribution in [1.29, 1.82) is 0 Å². The van der Waals surface area contributed by atoms with Gasteiger partial charge in [-0.15, -0.1) is 0 Å². The lowest BCUT2D eigenvalue weighted by atomic mass is 10.2. The van der Waals surface area contributed by atoms with Crippen LogP contribution in [0, 0.1) is 0 Å². The summed E-state index contributed by atoms with van der Waals surface area (Å²) in [5.74, 6) is -0.888. The molecule has 1 aromatic heterocycles. The van der Waals surface area contributed by atoms with Crippen molar-refractivity contribution in [3.8, 4) is 0 Å². The summed E-state index contributed by atoms with van der Waals surface area (Å²) >= 11 is 11.6. The second-order valence-corrected chi connectivity index (χ2v) is 5.20. The van der Waals surface area contributed by atoms with Gasteiger partial charge in [-0.3, -0.25) is 14.6 Å². The molecule has 2 aromatic rings. The Bertz CT molecular complexity index is 736. The van der Waals surface area contributed by atoms with Crippen molar-refractivity contribution in [3.05, 3.63) is 63.9 Å². The van der Waals surface area contributed by atoms with Crippen molar-refractivity contribution in [2.24, 2.45) is 5.10 Å². The molecule has 0 aliphatic carbocycles. The minimum atomic E-state index is -0.455. The number of halogens is 2. The van der Waals surface area contributed by atoms with Crippen LogP contribution in [0.3, 0.4) is 0 Å². The van der Waals surface area contributed by atoms with Crippen LogP contribution in [0.4, 0.5) is 0 Å². The molecule has 0 atom stereocenters. The Hall–Kier alpha value is -2.44. The molecule has 0 aliphatic rings. The summed E-state index contributed by atoms with van der Waals surface area (Å²) in [6.07, 6.45) is 4.70. The standard InChI is InChI=1S/C15H12Cl2N4O2/c16-12-2-1-11(7-13(12)17)15(23)19-9-14(22)21-20-8-10-3-5-18-6-4-10/h1-8H,9H2,(H,19,23)(H,21,22). The first kappa shape index (κ1) is 16.9. The van der Waals surface area contributed by atoms with Gasteiger partial charge in [0.1, 0.15) is 0 Å². The zero-order valence-corrected chi connectivity index (χ0v) is 13.3. The molecule has 8 heteroatoms. The summed E-state index contributed by atoms with van der Waals surface area (Å²) in [5, 5.41) is 6.86. The molecule has 118 valence electrons. The van der Waals surface area contributed by atoms with Crippen LogP contribution < -0.4 is 10.7 Å². The number of aromatic nitrogens is 1. The summed E-state index contributed by atoms with van der Waals surface area (Å²) in [6, 6.07) is 7.93. The Morgan fingerprint density at radius 1 is 1.13 bits per heavy atom. The fourth-order valence-corrected chi connectivity index (χ4v) is 1.87. The van der Waals surface area contributed by atoms with E-state index in [1.54, 1.807) is 24.5 Å². The van der Waals surface area contributed by atoms with Crippen molar-refractivity contribution < 1.29 is 9.59 Å². The predicted octanol–water partition coefficient (Wildman–Crippen LogP) is 2.27. The topological polar surface area (TPSA) is 83.5 Å². The molecule has 0 fully saturated rings. The average Bonchev–Trinajstić information content (AvgIpc) is 2.56. The number of nitrogens with zero attached hydrogens (tertiary/aromatic N) is 2. The van der Waals surface area contributed by atoms with Gasteiger partial charge in [0.05, 0.1) is 22.8 Å². The van der Waals surface area contributed by atoms with E-state index >= 15 is 0 Å². The predicted molar refractivity (Wildman–Crippen MR) is 88.8 cm³/mol. The first-order chi connectivity index (χ1) is 11.1. The normalized spacial score (nSPS) is 10.5. The maximum absolute atomic E-state index is 11.9. The fourth-order valence-electron chi connectivity index (χ4n) is 1.57. The van der Waals surface area contributed by atoms with Gasteiger partial charge in [0.15, 0.2) is 0 Å². The van der Waals surface area contributed by atoms with E-state index in [4.69, 9.17) is 23.2 Å². The van der Waals surface area contributed by atoms with E-state index < -0.39 is 11.8 Å². The molecule has 0 radical (unpaired) electrons. The molecule has 0 saturated carbocycles. The van der Waals surface area contributed by atoms with Gasteiger partial charge in [0.25, 0.3) is 11.8 Å². The van der Waals surface area contributed by atoms with Gasteiger partial charge in [0.2, 0.25) is 0 Å². The second kappa shape index (κ2) is 8.26. The smallest absolute Gasteiger partial charge is 0.259 e. The molecule has 0 aliphatic heterocycles. The second-order valence-electron chi connectivity index (χ2n) is 4.39. The van der Waals surface area contributed by atoms with Crippen molar-refractivity contribution in [3.63, 3.8) is 0 Å². The minimum Gasteiger partial charge on any atom is -0.343 e. The van der Waals surface area contributed by atoms with E-state index in [9.17, 15) is 9.59 Å². The van der Waals surface area contributed by atoms with Crippen LogP contribution in [-0.2, 0) is 4.79 Å². The lowest BCUT2D eigenvalue weighted by Crippen LogP contribution is -2.34. The lowest BCUT2D eigenvalue weighted by Gasteiger charge is -2.05. The molecule has 1 heterocycles. The number of hydrogen-bond donors (Lipinski definition) is 2. The third-order valence-electron chi connectivity index (χ3n) is 2.70. The van der Waals surface area contributed by atoms with E-state index in [2.05, 4.69) is 20.8 Å². The quantitative estimate of drug-likeness (QED) is 0.640. The molecule has 6 nitrogen and oxygen atoms in total. The Labute approximate surface area is 142 Å².